The van der Waals surface area contributed by atoms with Crippen molar-refractivity contribution in [1.29, 1.82) is 0 Å². The largest absolute Gasteiger partial charge is 0.465 e. The van der Waals surface area contributed by atoms with E-state index in [1.54, 1.807) is 11.8 Å². The van der Waals surface area contributed by atoms with Gasteiger partial charge in [0.05, 0.1) is 44.0 Å². The molecule has 0 radical (unpaired) electrons. The van der Waals surface area contributed by atoms with Crippen LogP contribution >= 0.6 is 0 Å². The number of carbonyl (C=O) groups is 3. The van der Waals surface area contributed by atoms with Crippen molar-refractivity contribution in [1.82, 2.24) is 14.7 Å². The Kier molecular flexibility index (Phi) is 7.21. The van der Waals surface area contributed by atoms with E-state index in [1.807, 2.05) is 38.2 Å². The number of cyclic esters (lactones) is 1. The summed E-state index contributed by atoms with van der Waals surface area (Å²) in [4.78, 5) is 47.4. The van der Waals surface area contributed by atoms with Gasteiger partial charge in [-0.3, -0.25) is 19.3 Å². The summed E-state index contributed by atoms with van der Waals surface area (Å²) in [5.41, 5.74) is -2.43. The second-order valence-corrected chi connectivity index (χ2v) is 11.2. The minimum atomic E-state index is -1.34. The summed E-state index contributed by atoms with van der Waals surface area (Å²) < 4.78 is 17.7. The van der Waals surface area contributed by atoms with E-state index < -0.39 is 41.1 Å². The molecule has 204 valence electrons. The quantitative estimate of drug-likeness (QED) is 0.394. The summed E-state index contributed by atoms with van der Waals surface area (Å²) in [6, 6.07) is -1.58. The van der Waals surface area contributed by atoms with Gasteiger partial charge in [0.1, 0.15) is 17.6 Å². The number of likely N-dealkylation sites (tertiary alicyclic amines) is 1. The lowest BCUT2D eigenvalue weighted by Gasteiger charge is -2.41. The monoisotopic (exact) mass is 517 g/mol. The van der Waals surface area contributed by atoms with E-state index in [4.69, 9.17) is 14.2 Å². The zero-order chi connectivity index (χ0) is 26.4. The number of nitrogens with zero attached hydrogens (tertiary/aromatic N) is 3. The molecule has 2 amide bonds. The lowest BCUT2D eigenvalue weighted by atomic mass is 9.74. The SMILES string of the molecule is CC(C)[C@H](CO)N1C(=O)[C@@H]2[C@@H]3C(=O)OCCC=C[C@]3(C)O[C@@]23C=CCN(CCN2CCOCC2)C(=O)C13. The van der Waals surface area contributed by atoms with Crippen LogP contribution in [-0.2, 0) is 28.6 Å². The Labute approximate surface area is 218 Å². The lowest BCUT2D eigenvalue weighted by molar-refractivity contribution is -0.162. The van der Waals surface area contributed by atoms with Gasteiger partial charge in [-0.1, -0.05) is 38.2 Å². The topological polar surface area (TPSA) is 109 Å². The normalized spacial score (nSPS) is 37.1. The lowest BCUT2D eigenvalue weighted by Crippen LogP contribution is -2.60. The Morgan fingerprint density at radius 2 is 1.78 bits per heavy atom. The van der Waals surface area contributed by atoms with E-state index in [1.165, 1.54) is 4.90 Å². The molecule has 10 nitrogen and oxygen atoms in total. The first-order valence-corrected chi connectivity index (χ1v) is 13.5. The molecular weight excluding hydrogens is 478 g/mol. The van der Waals surface area contributed by atoms with E-state index >= 15 is 0 Å². The molecule has 6 atom stereocenters. The number of rotatable bonds is 6. The second kappa shape index (κ2) is 10.1. The summed E-state index contributed by atoms with van der Waals surface area (Å²) >= 11 is 0. The number of fused-ring (bicyclic) bond motifs is 2. The standard InChI is InChI=1S/C27H39N3O7/c1-18(2)19(17-31)30-22-24(33)29(11-10-28-12-15-35-16-13-28)9-6-8-27(22)20(23(30)32)21-25(34)36-14-5-4-7-26(21,3)37-27/h4,6-8,18-22,31H,5,9-17H2,1-3H3/t19-,20-,21+,22?,26-,27-/m0/s1. The highest BCUT2D eigenvalue weighted by Crippen LogP contribution is 2.57. The van der Waals surface area contributed by atoms with Crippen LogP contribution in [0.1, 0.15) is 27.2 Å². The highest BCUT2D eigenvalue weighted by atomic mass is 16.6. The Balaban J connectivity index is 1.55. The average Bonchev–Trinajstić information content (AvgIpc) is 3.18. The van der Waals surface area contributed by atoms with Crippen LogP contribution in [0.25, 0.3) is 0 Å². The van der Waals surface area contributed by atoms with Gasteiger partial charge in [-0.15, -0.1) is 0 Å². The molecule has 0 aromatic carbocycles. The van der Waals surface area contributed by atoms with E-state index in [-0.39, 0.29) is 30.9 Å². The van der Waals surface area contributed by atoms with Crippen molar-refractivity contribution in [3.63, 3.8) is 0 Å². The minimum absolute atomic E-state index is 0.109. The molecule has 10 heteroatoms. The third-order valence-electron chi connectivity index (χ3n) is 8.64. The summed E-state index contributed by atoms with van der Waals surface area (Å²) in [6.07, 6.45) is 8.05. The van der Waals surface area contributed by atoms with Crippen LogP contribution in [0.4, 0.5) is 0 Å². The highest BCUT2D eigenvalue weighted by Gasteiger charge is 2.75. The van der Waals surface area contributed by atoms with Crippen LogP contribution in [-0.4, -0.2) is 120 Å². The molecule has 3 saturated heterocycles. The van der Waals surface area contributed by atoms with E-state index in [0.29, 0.717) is 39.3 Å². The van der Waals surface area contributed by atoms with E-state index in [2.05, 4.69) is 4.90 Å². The maximum absolute atomic E-state index is 14.3. The molecule has 1 unspecified atom stereocenters. The Hall–Kier alpha value is -2.27. The number of aliphatic hydroxyl groups excluding tert-OH is 1. The predicted octanol–water partition coefficient (Wildman–Crippen LogP) is 0.208. The molecule has 5 rings (SSSR count). The number of carbonyl (C=O) groups excluding carboxylic acids is 3. The maximum atomic E-state index is 14.3. The third kappa shape index (κ3) is 4.31. The number of ether oxygens (including phenoxy) is 3. The molecule has 0 bridgehead atoms. The predicted molar refractivity (Wildman–Crippen MR) is 133 cm³/mol. The second-order valence-electron chi connectivity index (χ2n) is 11.2. The third-order valence-corrected chi connectivity index (χ3v) is 8.64. The van der Waals surface area contributed by atoms with Crippen molar-refractivity contribution in [2.24, 2.45) is 17.8 Å². The number of amides is 2. The smallest absolute Gasteiger partial charge is 0.313 e. The van der Waals surface area contributed by atoms with Crippen molar-refractivity contribution in [2.75, 3.05) is 59.2 Å². The molecule has 1 spiro atoms. The van der Waals surface area contributed by atoms with Crippen LogP contribution in [0.2, 0.25) is 0 Å². The zero-order valence-corrected chi connectivity index (χ0v) is 22.0. The molecule has 37 heavy (non-hydrogen) atoms. The Morgan fingerprint density at radius 1 is 1.03 bits per heavy atom. The first-order valence-electron chi connectivity index (χ1n) is 13.5. The Bertz CT molecular complexity index is 977. The minimum Gasteiger partial charge on any atom is -0.465 e. The fourth-order valence-electron chi connectivity index (χ4n) is 6.74. The molecule has 0 aromatic rings. The number of morpholine rings is 1. The van der Waals surface area contributed by atoms with E-state index in [9.17, 15) is 19.5 Å². The fourth-order valence-corrected chi connectivity index (χ4v) is 6.74. The molecule has 5 heterocycles. The van der Waals surface area contributed by atoms with Crippen molar-refractivity contribution < 1.29 is 33.7 Å². The summed E-state index contributed by atoms with van der Waals surface area (Å²) in [7, 11) is 0. The van der Waals surface area contributed by atoms with Crippen molar-refractivity contribution in [2.45, 2.75) is 50.5 Å². The van der Waals surface area contributed by atoms with Crippen molar-refractivity contribution in [3.8, 4) is 0 Å². The number of aliphatic hydroxyl groups is 1. The Morgan fingerprint density at radius 3 is 2.49 bits per heavy atom. The summed E-state index contributed by atoms with van der Waals surface area (Å²) in [5, 5.41) is 10.3. The van der Waals surface area contributed by atoms with Crippen LogP contribution < -0.4 is 0 Å². The first kappa shape index (κ1) is 26.3. The van der Waals surface area contributed by atoms with Gasteiger partial charge in [0.2, 0.25) is 11.8 Å². The maximum Gasteiger partial charge on any atom is 0.313 e. The molecule has 5 aliphatic heterocycles. The fraction of sp³-hybridized carbons (Fsp3) is 0.741. The van der Waals surface area contributed by atoms with Gasteiger partial charge in [0, 0.05) is 32.7 Å². The average molecular weight is 518 g/mol. The van der Waals surface area contributed by atoms with Gasteiger partial charge >= 0.3 is 5.97 Å². The van der Waals surface area contributed by atoms with Crippen LogP contribution in [0.3, 0.4) is 0 Å². The van der Waals surface area contributed by atoms with Crippen LogP contribution in [0.5, 0.6) is 0 Å². The van der Waals surface area contributed by atoms with Gasteiger partial charge in [0.25, 0.3) is 0 Å². The van der Waals surface area contributed by atoms with Gasteiger partial charge in [0.15, 0.2) is 0 Å². The van der Waals surface area contributed by atoms with E-state index in [0.717, 1.165) is 13.1 Å². The molecule has 0 aliphatic carbocycles. The van der Waals surface area contributed by atoms with Crippen LogP contribution in [0, 0.1) is 17.8 Å². The number of hydrogen-bond acceptors (Lipinski definition) is 8. The first-order chi connectivity index (χ1) is 17.7. The molecule has 1 N–H and O–H groups in total. The molecule has 5 aliphatic rings. The van der Waals surface area contributed by atoms with Crippen molar-refractivity contribution >= 4 is 17.8 Å². The number of esters is 1. The summed E-state index contributed by atoms with van der Waals surface area (Å²) in [6.45, 7) is 10.1. The van der Waals surface area contributed by atoms with Gasteiger partial charge in [-0.2, -0.15) is 0 Å². The number of hydrogen-bond donors (Lipinski definition) is 1. The van der Waals surface area contributed by atoms with Gasteiger partial charge < -0.3 is 29.1 Å². The zero-order valence-electron chi connectivity index (χ0n) is 22.0. The molecule has 0 saturated carbocycles. The molecule has 0 aromatic heterocycles. The highest BCUT2D eigenvalue weighted by molar-refractivity contribution is 5.99. The van der Waals surface area contributed by atoms with Gasteiger partial charge in [-0.25, -0.2) is 0 Å². The molecular formula is C27H39N3O7. The summed E-state index contributed by atoms with van der Waals surface area (Å²) in [5.74, 6) is -2.98. The van der Waals surface area contributed by atoms with Crippen LogP contribution in [0.15, 0.2) is 24.3 Å². The van der Waals surface area contributed by atoms with Crippen molar-refractivity contribution in [3.05, 3.63) is 24.3 Å². The molecule has 3 fully saturated rings. The van der Waals surface area contributed by atoms with Gasteiger partial charge in [-0.05, 0) is 19.3 Å².